The second kappa shape index (κ2) is 6.15. The zero-order valence-electron chi connectivity index (χ0n) is 12.4. The molecule has 0 aliphatic heterocycles. The molecular formula is C16H16ClF3N2O. The molecule has 1 saturated carbocycles. The van der Waals surface area contributed by atoms with Crippen molar-refractivity contribution in [3.05, 3.63) is 39.4 Å². The van der Waals surface area contributed by atoms with Gasteiger partial charge in [0.1, 0.15) is 6.54 Å². The van der Waals surface area contributed by atoms with Gasteiger partial charge in [-0.15, -0.1) is 0 Å². The van der Waals surface area contributed by atoms with Gasteiger partial charge in [0.2, 0.25) is 0 Å². The predicted molar refractivity (Wildman–Crippen MR) is 82.9 cm³/mol. The number of rotatable bonds is 2. The lowest BCUT2D eigenvalue weighted by atomic mass is 9.85. The van der Waals surface area contributed by atoms with Crippen LogP contribution in [0.2, 0.25) is 5.02 Å². The predicted octanol–water partition coefficient (Wildman–Crippen LogP) is 4.66. The maximum Gasteiger partial charge on any atom is 0.406 e. The van der Waals surface area contributed by atoms with E-state index in [2.05, 4.69) is 4.98 Å². The Morgan fingerprint density at radius 2 is 1.91 bits per heavy atom. The fraction of sp³-hybridized carbons (Fsp3) is 0.500. The van der Waals surface area contributed by atoms with Crippen molar-refractivity contribution in [2.24, 2.45) is 0 Å². The maximum absolute atomic E-state index is 12.8. The van der Waals surface area contributed by atoms with Crippen molar-refractivity contribution in [1.82, 2.24) is 9.55 Å². The van der Waals surface area contributed by atoms with Crippen molar-refractivity contribution in [3.8, 4) is 0 Å². The molecule has 0 atom stereocenters. The molecule has 2 aromatic rings. The van der Waals surface area contributed by atoms with Gasteiger partial charge in [0, 0.05) is 16.3 Å². The Morgan fingerprint density at radius 3 is 2.57 bits per heavy atom. The number of nitrogens with zero attached hydrogens (tertiary/aromatic N) is 2. The molecule has 0 N–H and O–H groups in total. The summed E-state index contributed by atoms with van der Waals surface area (Å²) in [5.74, 6) is 0.109. The fourth-order valence-corrected chi connectivity index (χ4v) is 3.47. The smallest absolute Gasteiger partial charge is 0.283 e. The molecular weight excluding hydrogens is 329 g/mol. The summed E-state index contributed by atoms with van der Waals surface area (Å²) in [6.45, 7) is -1.35. The van der Waals surface area contributed by atoms with Crippen LogP contribution in [-0.4, -0.2) is 15.7 Å². The Balaban J connectivity index is 2.20. The van der Waals surface area contributed by atoms with Crippen molar-refractivity contribution >= 4 is 22.5 Å². The van der Waals surface area contributed by atoms with Crippen LogP contribution in [-0.2, 0) is 6.54 Å². The van der Waals surface area contributed by atoms with Crippen LogP contribution in [0.5, 0.6) is 0 Å². The Kier molecular flexibility index (Phi) is 4.36. The molecule has 1 aliphatic carbocycles. The van der Waals surface area contributed by atoms with Crippen LogP contribution in [0.4, 0.5) is 13.2 Å². The van der Waals surface area contributed by atoms with E-state index in [0.29, 0.717) is 20.7 Å². The molecule has 1 aromatic carbocycles. The van der Waals surface area contributed by atoms with Crippen molar-refractivity contribution in [1.29, 1.82) is 0 Å². The molecule has 3 nitrogen and oxygen atoms in total. The van der Waals surface area contributed by atoms with Gasteiger partial charge in [0.25, 0.3) is 0 Å². The summed E-state index contributed by atoms with van der Waals surface area (Å²) in [6, 6.07) is 4.58. The molecule has 124 valence electrons. The molecule has 1 heterocycles. The maximum atomic E-state index is 12.8. The summed E-state index contributed by atoms with van der Waals surface area (Å²) in [5.41, 5.74) is -0.0179. The topological polar surface area (TPSA) is 34.9 Å². The molecule has 0 bridgehead atoms. The Labute approximate surface area is 136 Å². The van der Waals surface area contributed by atoms with E-state index in [1.54, 1.807) is 6.07 Å². The number of halogens is 4. The minimum atomic E-state index is -4.48. The highest BCUT2D eigenvalue weighted by Crippen LogP contribution is 2.35. The van der Waals surface area contributed by atoms with Crippen LogP contribution in [0, 0.1) is 0 Å². The Hall–Kier alpha value is -1.56. The van der Waals surface area contributed by atoms with E-state index in [-0.39, 0.29) is 11.4 Å². The van der Waals surface area contributed by atoms with Crippen LogP contribution >= 0.6 is 11.6 Å². The van der Waals surface area contributed by atoms with Gasteiger partial charge < -0.3 is 0 Å². The molecule has 1 fully saturated rings. The first-order chi connectivity index (χ1) is 10.8. The number of alkyl halides is 3. The quantitative estimate of drug-likeness (QED) is 0.794. The molecule has 23 heavy (non-hydrogen) atoms. The molecule has 3 rings (SSSR count). The van der Waals surface area contributed by atoms with Gasteiger partial charge in [-0.3, -0.25) is 4.57 Å². The lowest BCUT2D eigenvalue weighted by molar-refractivity contribution is -0.140. The first-order valence-corrected chi connectivity index (χ1v) is 8.00. The van der Waals surface area contributed by atoms with Crippen LogP contribution in [0.1, 0.15) is 43.7 Å². The number of hydrogen-bond donors (Lipinski definition) is 0. The average Bonchev–Trinajstić information content (AvgIpc) is 2.49. The SMILES string of the molecule is O=c1nc(C2CCCCC2)c2cc(Cl)ccc2n1CC(F)(F)F. The summed E-state index contributed by atoms with van der Waals surface area (Å²) in [4.78, 5) is 16.2. The molecule has 0 spiro atoms. The number of hydrogen-bond acceptors (Lipinski definition) is 2. The van der Waals surface area contributed by atoms with E-state index in [1.165, 1.54) is 12.1 Å². The third-order valence-corrected chi connectivity index (χ3v) is 4.54. The minimum absolute atomic E-state index is 0.109. The summed E-state index contributed by atoms with van der Waals surface area (Å²) in [5, 5.41) is 0.974. The van der Waals surface area contributed by atoms with Crippen LogP contribution < -0.4 is 5.69 Å². The van der Waals surface area contributed by atoms with E-state index in [0.717, 1.165) is 32.1 Å². The largest absolute Gasteiger partial charge is 0.406 e. The molecule has 0 unspecified atom stereocenters. The molecule has 0 saturated heterocycles. The van der Waals surface area contributed by atoms with Gasteiger partial charge in [-0.25, -0.2) is 4.79 Å². The zero-order valence-corrected chi connectivity index (χ0v) is 13.1. The Morgan fingerprint density at radius 1 is 1.22 bits per heavy atom. The second-order valence-electron chi connectivity index (χ2n) is 5.98. The second-order valence-corrected chi connectivity index (χ2v) is 6.41. The number of fused-ring (bicyclic) bond motifs is 1. The highest BCUT2D eigenvalue weighted by atomic mass is 35.5. The Bertz CT molecular complexity index is 779. The third kappa shape index (κ3) is 3.52. The lowest BCUT2D eigenvalue weighted by Crippen LogP contribution is -2.31. The van der Waals surface area contributed by atoms with Gasteiger partial charge in [-0.2, -0.15) is 18.2 Å². The van der Waals surface area contributed by atoms with Crippen molar-refractivity contribution in [2.45, 2.75) is 50.7 Å². The van der Waals surface area contributed by atoms with E-state index in [1.807, 2.05) is 0 Å². The van der Waals surface area contributed by atoms with E-state index >= 15 is 0 Å². The summed E-state index contributed by atoms with van der Waals surface area (Å²) >= 11 is 6.02. The first kappa shape index (κ1) is 16.3. The number of benzene rings is 1. The summed E-state index contributed by atoms with van der Waals surface area (Å²) in [6.07, 6.45) is 0.541. The standard InChI is InChI=1S/C16H16ClF3N2O/c17-11-6-7-13-12(8-11)14(10-4-2-1-3-5-10)21-15(23)22(13)9-16(18,19)20/h6-8,10H,1-5,9H2. The van der Waals surface area contributed by atoms with Gasteiger partial charge in [0.05, 0.1) is 11.2 Å². The van der Waals surface area contributed by atoms with E-state index < -0.39 is 18.4 Å². The number of aromatic nitrogens is 2. The van der Waals surface area contributed by atoms with Gasteiger partial charge >= 0.3 is 11.9 Å². The zero-order chi connectivity index (χ0) is 16.6. The fourth-order valence-electron chi connectivity index (χ4n) is 3.29. The third-order valence-electron chi connectivity index (χ3n) is 4.30. The molecule has 7 heteroatoms. The molecule has 1 aliphatic rings. The van der Waals surface area contributed by atoms with E-state index in [4.69, 9.17) is 11.6 Å². The summed E-state index contributed by atoms with van der Waals surface area (Å²) < 4.78 is 39.0. The lowest BCUT2D eigenvalue weighted by Gasteiger charge is -2.23. The highest BCUT2D eigenvalue weighted by molar-refractivity contribution is 6.31. The molecule has 1 aromatic heterocycles. The van der Waals surface area contributed by atoms with E-state index in [9.17, 15) is 18.0 Å². The minimum Gasteiger partial charge on any atom is -0.283 e. The molecule has 0 radical (unpaired) electrons. The van der Waals surface area contributed by atoms with Crippen molar-refractivity contribution < 1.29 is 13.2 Å². The van der Waals surface area contributed by atoms with Crippen molar-refractivity contribution in [2.75, 3.05) is 0 Å². The first-order valence-electron chi connectivity index (χ1n) is 7.62. The highest BCUT2D eigenvalue weighted by Gasteiger charge is 2.30. The normalized spacial score (nSPS) is 16.9. The summed E-state index contributed by atoms with van der Waals surface area (Å²) in [7, 11) is 0. The average molecular weight is 345 g/mol. The van der Waals surface area contributed by atoms with Crippen LogP contribution in [0.25, 0.3) is 10.9 Å². The molecule has 0 amide bonds. The van der Waals surface area contributed by atoms with Crippen molar-refractivity contribution in [3.63, 3.8) is 0 Å². The van der Waals surface area contributed by atoms with Gasteiger partial charge in [-0.1, -0.05) is 30.9 Å². The van der Waals surface area contributed by atoms with Crippen LogP contribution in [0.3, 0.4) is 0 Å². The van der Waals surface area contributed by atoms with Gasteiger partial charge in [-0.05, 0) is 31.0 Å². The monoisotopic (exact) mass is 344 g/mol. The van der Waals surface area contributed by atoms with Crippen LogP contribution in [0.15, 0.2) is 23.0 Å². The van der Waals surface area contributed by atoms with Gasteiger partial charge in [0.15, 0.2) is 0 Å².